The van der Waals surface area contributed by atoms with Gasteiger partial charge in [0.05, 0.1) is 4.90 Å². The molecule has 4 nitrogen and oxygen atoms in total. The minimum absolute atomic E-state index is 0.0397. The van der Waals surface area contributed by atoms with Crippen LogP contribution >= 0.6 is 0 Å². The van der Waals surface area contributed by atoms with Crippen LogP contribution in [0.4, 0.5) is 5.69 Å². The molecule has 2 rings (SSSR count). The Morgan fingerprint density at radius 2 is 1.95 bits per heavy atom. The van der Waals surface area contributed by atoms with Gasteiger partial charge in [-0.15, -0.1) is 0 Å². The van der Waals surface area contributed by atoms with Crippen molar-refractivity contribution in [2.24, 2.45) is 11.8 Å². The lowest BCUT2D eigenvalue weighted by atomic mass is 9.98. The minimum Gasteiger partial charge on any atom is -0.399 e. The molecule has 3 atom stereocenters. The summed E-state index contributed by atoms with van der Waals surface area (Å²) in [5.41, 5.74) is 7.12. The molecule has 3 N–H and O–H groups in total. The van der Waals surface area contributed by atoms with E-state index in [2.05, 4.69) is 18.6 Å². The molecule has 0 radical (unpaired) electrons. The molecular formula is C14H22N2O2S. The quantitative estimate of drug-likeness (QED) is 0.835. The second-order valence-corrected chi connectivity index (χ2v) is 7.37. The average molecular weight is 282 g/mol. The molecule has 19 heavy (non-hydrogen) atoms. The normalized spacial score (nSPS) is 27.6. The Hall–Kier alpha value is -1.07. The number of anilines is 1. The molecule has 0 aliphatic heterocycles. The number of aryl methyl sites for hydroxylation is 1. The zero-order valence-electron chi connectivity index (χ0n) is 11.7. The van der Waals surface area contributed by atoms with Crippen molar-refractivity contribution in [2.75, 3.05) is 5.73 Å². The number of nitrogens with two attached hydrogens (primary N) is 1. The molecule has 0 heterocycles. The molecule has 3 unspecified atom stereocenters. The van der Waals surface area contributed by atoms with Gasteiger partial charge in [-0.3, -0.25) is 0 Å². The summed E-state index contributed by atoms with van der Waals surface area (Å²) in [5.74, 6) is 0.950. The Morgan fingerprint density at radius 3 is 2.47 bits per heavy atom. The summed E-state index contributed by atoms with van der Waals surface area (Å²) in [7, 11) is -3.44. The van der Waals surface area contributed by atoms with Crippen molar-refractivity contribution >= 4 is 15.7 Å². The first-order chi connectivity index (χ1) is 8.81. The van der Waals surface area contributed by atoms with E-state index in [0.29, 0.717) is 22.4 Å². The van der Waals surface area contributed by atoms with Crippen LogP contribution in [0.5, 0.6) is 0 Å². The molecule has 0 saturated heterocycles. The van der Waals surface area contributed by atoms with Crippen LogP contribution in [0.1, 0.15) is 32.3 Å². The Morgan fingerprint density at radius 1 is 1.26 bits per heavy atom. The summed E-state index contributed by atoms with van der Waals surface area (Å²) in [5, 5.41) is 0. The lowest BCUT2D eigenvalue weighted by Gasteiger charge is -2.19. The molecular weight excluding hydrogens is 260 g/mol. The van der Waals surface area contributed by atoms with Crippen LogP contribution in [0, 0.1) is 18.8 Å². The van der Waals surface area contributed by atoms with Crippen molar-refractivity contribution in [3.63, 3.8) is 0 Å². The van der Waals surface area contributed by atoms with E-state index in [4.69, 9.17) is 5.73 Å². The van der Waals surface area contributed by atoms with Crippen molar-refractivity contribution in [3.8, 4) is 0 Å². The van der Waals surface area contributed by atoms with Crippen molar-refractivity contribution in [1.82, 2.24) is 4.72 Å². The number of hydrogen-bond donors (Lipinski definition) is 2. The third-order valence-electron chi connectivity index (χ3n) is 4.32. The molecule has 106 valence electrons. The van der Waals surface area contributed by atoms with Gasteiger partial charge in [0.25, 0.3) is 0 Å². The van der Waals surface area contributed by atoms with E-state index >= 15 is 0 Å². The van der Waals surface area contributed by atoms with Gasteiger partial charge in [0.1, 0.15) is 0 Å². The monoisotopic (exact) mass is 282 g/mol. The topological polar surface area (TPSA) is 72.2 Å². The number of nitrogens with one attached hydrogen (secondary N) is 1. The molecule has 1 fully saturated rings. The predicted molar refractivity (Wildman–Crippen MR) is 77.3 cm³/mol. The minimum atomic E-state index is -3.44. The second-order valence-electron chi connectivity index (χ2n) is 5.66. The van der Waals surface area contributed by atoms with E-state index in [9.17, 15) is 8.42 Å². The van der Waals surface area contributed by atoms with Crippen LogP contribution in [-0.2, 0) is 10.0 Å². The predicted octanol–water partition coefficient (Wildman–Crippen LogP) is 2.29. The van der Waals surface area contributed by atoms with E-state index in [0.717, 1.165) is 18.4 Å². The SMILES string of the molecule is Cc1cc(S(=O)(=O)NC2CCC(C)C2C)ccc1N. The fourth-order valence-corrected chi connectivity index (χ4v) is 4.06. The number of benzene rings is 1. The summed E-state index contributed by atoms with van der Waals surface area (Å²) in [6.45, 7) is 6.10. The van der Waals surface area contributed by atoms with Gasteiger partial charge >= 0.3 is 0 Å². The summed E-state index contributed by atoms with van der Waals surface area (Å²) in [4.78, 5) is 0.297. The first kappa shape index (κ1) is 14.3. The van der Waals surface area contributed by atoms with Crippen molar-refractivity contribution in [2.45, 2.75) is 44.6 Å². The maximum absolute atomic E-state index is 12.4. The molecule has 0 aromatic heterocycles. The summed E-state index contributed by atoms with van der Waals surface area (Å²) >= 11 is 0. The average Bonchev–Trinajstić information content (AvgIpc) is 2.64. The number of hydrogen-bond acceptors (Lipinski definition) is 3. The standard InChI is InChI=1S/C14H22N2O2S/c1-9-4-7-14(11(9)3)16-19(17,18)12-5-6-13(15)10(2)8-12/h5-6,8-9,11,14,16H,4,7,15H2,1-3H3. The van der Waals surface area contributed by atoms with Gasteiger partial charge in [0, 0.05) is 11.7 Å². The van der Waals surface area contributed by atoms with Crippen molar-refractivity contribution in [3.05, 3.63) is 23.8 Å². The summed E-state index contributed by atoms with van der Waals surface area (Å²) in [6.07, 6.45) is 1.99. The van der Waals surface area contributed by atoms with Gasteiger partial charge in [-0.1, -0.05) is 13.8 Å². The van der Waals surface area contributed by atoms with Crippen LogP contribution in [0.15, 0.2) is 23.1 Å². The smallest absolute Gasteiger partial charge is 0.240 e. The molecule has 5 heteroatoms. The van der Waals surface area contributed by atoms with E-state index < -0.39 is 10.0 Å². The second kappa shape index (κ2) is 5.13. The van der Waals surface area contributed by atoms with Crippen LogP contribution in [0.3, 0.4) is 0 Å². The van der Waals surface area contributed by atoms with Gasteiger partial charge < -0.3 is 5.73 Å². The van der Waals surface area contributed by atoms with Crippen LogP contribution in [0.2, 0.25) is 0 Å². The molecule has 1 saturated carbocycles. The highest BCUT2D eigenvalue weighted by Gasteiger charge is 2.33. The maximum Gasteiger partial charge on any atom is 0.240 e. The third kappa shape index (κ3) is 2.92. The highest BCUT2D eigenvalue weighted by Crippen LogP contribution is 2.32. The third-order valence-corrected chi connectivity index (χ3v) is 5.81. The van der Waals surface area contributed by atoms with E-state index in [-0.39, 0.29) is 6.04 Å². The first-order valence-corrected chi connectivity index (χ1v) is 8.18. The molecule has 1 aromatic rings. The van der Waals surface area contributed by atoms with Gasteiger partial charge in [0.15, 0.2) is 0 Å². The summed E-state index contributed by atoms with van der Waals surface area (Å²) < 4.78 is 27.5. The number of sulfonamides is 1. The van der Waals surface area contributed by atoms with Crippen molar-refractivity contribution in [1.29, 1.82) is 0 Å². The Kier molecular flexibility index (Phi) is 3.87. The molecule has 1 aliphatic rings. The van der Waals surface area contributed by atoms with Gasteiger partial charge in [-0.25, -0.2) is 13.1 Å². The lowest BCUT2D eigenvalue weighted by Crippen LogP contribution is -2.37. The first-order valence-electron chi connectivity index (χ1n) is 6.69. The fraction of sp³-hybridized carbons (Fsp3) is 0.571. The zero-order valence-corrected chi connectivity index (χ0v) is 12.5. The lowest BCUT2D eigenvalue weighted by molar-refractivity contribution is 0.402. The molecule has 0 bridgehead atoms. The molecule has 1 aliphatic carbocycles. The number of rotatable bonds is 3. The summed E-state index contributed by atoms with van der Waals surface area (Å²) in [6, 6.07) is 4.87. The van der Waals surface area contributed by atoms with E-state index in [1.165, 1.54) is 0 Å². The Bertz CT molecular complexity index is 569. The largest absolute Gasteiger partial charge is 0.399 e. The van der Waals surface area contributed by atoms with Crippen LogP contribution in [0.25, 0.3) is 0 Å². The zero-order chi connectivity index (χ0) is 14.2. The van der Waals surface area contributed by atoms with E-state index in [1.807, 2.05) is 6.92 Å². The van der Waals surface area contributed by atoms with Gasteiger partial charge in [-0.05, 0) is 55.4 Å². The molecule has 0 amide bonds. The molecule has 0 spiro atoms. The Balaban J connectivity index is 2.21. The van der Waals surface area contributed by atoms with Gasteiger partial charge in [-0.2, -0.15) is 0 Å². The number of nitrogen functional groups attached to an aromatic ring is 1. The van der Waals surface area contributed by atoms with Gasteiger partial charge in [0.2, 0.25) is 10.0 Å². The molecule has 1 aromatic carbocycles. The van der Waals surface area contributed by atoms with Crippen LogP contribution in [-0.4, -0.2) is 14.5 Å². The van der Waals surface area contributed by atoms with E-state index in [1.54, 1.807) is 18.2 Å². The maximum atomic E-state index is 12.4. The highest BCUT2D eigenvalue weighted by molar-refractivity contribution is 7.89. The fourth-order valence-electron chi connectivity index (χ4n) is 2.61. The van der Waals surface area contributed by atoms with Crippen LogP contribution < -0.4 is 10.5 Å². The highest BCUT2D eigenvalue weighted by atomic mass is 32.2. The Labute approximate surface area is 115 Å². The van der Waals surface area contributed by atoms with Crippen molar-refractivity contribution < 1.29 is 8.42 Å².